The molecule has 3 atom stereocenters. The van der Waals surface area contributed by atoms with Gasteiger partial charge >= 0.3 is 0 Å². The molecule has 0 aliphatic heterocycles. The lowest BCUT2D eigenvalue weighted by molar-refractivity contribution is -0.0106. The number of ether oxygens (including phenoxy) is 1. The van der Waals surface area contributed by atoms with Crippen LogP contribution >= 0.6 is 0 Å². The Labute approximate surface area is 116 Å². The van der Waals surface area contributed by atoms with E-state index in [-0.39, 0.29) is 5.92 Å². The predicted molar refractivity (Wildman–Crippen MR) is 75.1 cm³/mol. The molecule has 5 heteroatoms. The lowest BCUT2D eigenvalue weighted by Crippen LogP contribution is -2.31. The first kappa shape index (κ1) is 16.1. The van der Waals surface area contributed by atoms with Crippen molar-refractivity contribution in [3.8, 4) is 0 Å². The Morgan fingerprint density at radius 1 is 1.37 bits per heavy atom. The molecule has 0 aliphatic rings. The maximum Gasteiger partial charge on any atom is 0.231 e. The third kappa shape index (κ3) is 3.76. The average molecular weight is 269 g/mol. The van der Waals surface area contributed by atoms with Crippen LogP contribution in [-0.2, 0) is 10.3 Å². The molecular weight excluding hydrogens is 242 g/mol. The Bertz CT molecular complexity index is 375. The Morgan fingerprint density at radius 2 is 2.05 bits per heavy atom. The summed E-state index contributed by atoms with van der Waals surface area (Å²) in [6.07, 6.45) is 1.92. The summed E-state index contributed by atoms with van der Waals surface area (Å²) >= 11 is 0. The van der Waals surface area contributed by atoms with Gasteiger partial charge < -0.3 is 14.6 Å². The number of nitrogens with zero attached hydrogens (tertiary/aromatic N) is 2. The summed E-state index contributed by atoms with van der Waals surface area (Å²) in [5.74, 6) is 1.48. The Morgan fingerprint density at radius 3 is 2.58 bits per heavy atom. The van der Waals surface area contributed by atoms with E-state index in [0.717, 1.165) is 19.4 Å². The number of hydrogen-bond donors (Lipinski definition) is 1. The van der Waals surface area contributed by atoms with Gasteiger partial charge in [-0.05, 0) is 33.2 Å². The molecule has 0 bridgehead atoms. The van der Waals surface area contributed by atoms with Crippen LogP contribution in [0, 0.1) is 0 Å². The van der Waals surface area contributed by atoms with Gasteiger partial charge in [-0.3, -0.25) is 0 Å². The highest BCUT2D eigenvalue weighted by molar-refractivity contribution is 5.03. The Balaban J connectivity index is 2.78. The normalized spacial score (nSPS) is 18.0. The highest BCUT2D eigenvalue weighted by Gasteiger charge is 2.31. The largest absolute Gasteiger partial charge is 0.370 e. The Kier molecular flexibility index (Phi) is 5.94. The topological polar surface area (TPSA) is 60.2 Å². The molecule has 0 saturated carbocycles. The molecule has 3 unspecified atom stereocenters. The summed E-state index contributed by atoms with van der Waals surface area (Å²) in [5.41, 5.74) is -0.471. The van der Waals surface area contributed by atoms with Crippen molar-refractivity contribution < 1.29 is 9.26 Å². The van der Waals surface area contributed by atoms with Gasteiger partial charge in [0.1, 0.15) is 5.60 Å². The molecule has 110 valence electrons. The second-order valence-corrected chi connectivity index (χ2v) is 5.28. The molecule has 0 aliphatic carbocycles. The maximum absolute atomic E-state index is 5.49. The van der Waals surface area contributed by atoms with E-state index in [1.54, 1.807) is 7.11 Å². The van der Waals surface area contributed by atoms with Crippen molar-refractivity contribution in [2.24, 2.45) is 0 Å². The molecule has 1 aromatic rings. The Hall–Kier alpha value is -0.940. The van der Waals surface area contributed by atoms with Gasteiger partial charge in [0.15, 0.2) is 0 Å². The lowest BCUT2D eigenvalue weighted by atomic mass is 10.0. The van der Waals surface area contributed by atoms with Crippen LogP contribution in [0.5, 0.6) is 0 Å². The molecular formula is C14H27N3O2. The summed E-state index contributed by atoms with van der Waals surface area (Å²) in [6, 6.07) is 0.309. The summed E-state index contributed by atoms with van der Waals surface area (Å²) in [7, 11) is 1.67. The van der Waals surface area contributed by atoms with Gasteiger partial charge in [0.25, 0.3) is 0 Å². The fourth-order valence-corrected chi connectivity index (χ4v) is 1.79. The summed E-state index contributed by atoms with van der Waals surface area (Å²) in [6.45, 7) is 11.4. The van der Waals surface area contributed by atoms with Crippen molar-refractivity contribution in [3.05, 3.63) is 11.7 Å². The first-order valence-electron chi connectivity index (χ1n) is 7.11. The smallest absolute Gasteiger partial charge is 0.231 e. The first-order valence-corrected chi connectivity index (χ1v) is 7.11. The summed E-state index contributed by atoms with van der Waals surface area (Å²) in [5, 5.41) is 7.52. The minimum Gasteiger partial charge on any atom is -0.370 e. The number of methoxy groups -OCH3 is 1. The molecule has 0 radical (unpaired) electrons. The van der Waals surface area contributed by atoms with Crippen molar-refractivity contribution in [1.29, 1.82) is 0 Å². The first-order chi connectivity index (χ1) is 8.98. The number of hydrogen-bond acceptors (Lipinski definition) is 5. The molecule has 1 aromatic heterocycles. The fraction of sp³-hybridized carbons (Fsp3) is 0.857. The third-order valence-electron chi connectivity index (χ3n) is 3.90. The number of aromatic nitrogens is 2. The van der Waals surface area contributed by atoms with Gasteiger partial charge in [-0.15, -0.1) is 0 Å². The molecule has 0 saturated heterocycles. The molecule has 5 nitrogen and oxygen atoms in total. The van der Waals surface area contributed by atoms with E-state index in [2.05, 4.69) is 36.2 Å². The molecule has 0 spiro atoms. The predicted octanol–water partition coefficient (Wildman–Crippen LogP) is 2.83. The number of nitrogens with one attached hydrogen (secondary N) is 1. The zero-order valence-corrected chi connectivity index (χ0v) is 13.0. The van der Waals surface area contributed by atoms with Gasteiger partial charge in [0, 0.05) is 13.2 Å². The lowest BCUT2D eigenvalue weighted by Gasteiger charge is -2.22. The SMILES string of the molecule is CCCNC(C)C(C)c1nc(C(C)(CC)OC)no1. The number of rotatable bonds is 8. The molecule has 19 heavy (non-hydrogen) atoms. The minimum absolute atomic E-state index is 0.186. The van der Waals surface area contributed by atoms with Crippen LogP contribution in [0.15, 0.2) is 4.52 Å². The van der Waals surface area contributed by atoms with E-state index in [1.165, 1.54) is 0 Å². The quantitative estimate of drug-likeness (QED) is 0.786. The van der Waals surface area contributed by atoms with Crippen LogP contribution in [0.25, 0.3) is 0 Å². The molecule has 1 N–H and O–H groups in total. The summed E-state index contributed by atoms with van der Waals surface area (Å²) < 4.78 is 10.9. The van der Waals surface area contributed by atoms with Gasteiger partial charge in [0.05, 0.1) is 5.92 Å². The average Bonchev–Trinajstić information content (AvgIpc) is 2.93. The monoisotopic (exact) mass is 269 g/mol. The van der Waals surface area contributed by atoms with Crippen LogP contribution in [0.3, 0.4) is 0 Å². The molecule has 1 heterocycles. The second kappa shape index (κ2) is 7.01. The standard InChI is InChI=1S/C14H27N3O2/c1-7-9-15-11(4)10(3)12-16-13(17-19-12)14(5,8-2)18-6/h10-11,15H,7-9H2,1-6H3. The third-order valence-corrected chi connectivity index (χ3v) is 3.90. The zero-order valence-electron chi connectivity index (χ0n) is 13.0. The van der Waals surface area contributed by atoms with Gasteiger partial charge in [-0.2, -0.15) is 4.98 Å². The molecule has 0 fully saturated rings. The van der Waals surface area contributed by atoms with Crippen LogP contribution in [-0.4, -0.2) is 29.8 Å². The van der Waals surface area contributed by atoms with Gasteiger partial charge in [0.2, 0.25) is 11.7 Å². The van der Waals surface area contributed by atoms with E-state index in [1.807, 2.05) is 13.8 Å². The fourth-order valence-electron chi connectivity index (χ4n) is 1.79. The molecule has 1 rings (SSSR count). The molecule has 0 amide bonds. The van der Waals surface area contributed by atoms with Crippen LogP contribution < -0.4 is 5.32 Å². The van der Waals surface area contributed by atoms with Crippen molar-refractivity contribution >= 4 is 0 Å². The minimum atomic E-state index is -0.471. The zero-order chi connectivity index (χ0) is 14.5. The van der Waals surface area contributed by atoms with Gasteiger partial charge in [-0.25, -0.2) is 0 Å². The highest BCUT2D eigenvalue weighted by atomic mass is 16.5. The maximum atomic E-state index is 5.49. The van der Waals surface area contributed by atoms with E-state index in [4.69, 9.17) is 9.26 Å². The van der Waals surface area contributed by atoms with E-state index in [9.17, 15) is 0 Å². The highest BCUT2D eigenvalue weighted by Crippen LogP contribution is 2.27. The van der Waals surface area contributed by atoms with Crippen molar-refractivity contribution in [1.82, 2.24) is 15.5 Å². The van der Waals surface area contributed by atoms with Crippen molar-refractivity contribution in [3.63, 3.8) is 0 Å². The van der Waals surface area contributed by atoms with E-state index >= 15 is 0 Å². The van der Waals surface area contributed by atoms with E-state index in [0.29, 0.717) is 17.8 Å². The van der Waals surface area contributed by atoms with Crippen LogP contribution in [0.4, 0.5) is 0 Å². The molecule has 0 aromatic carbocycles. The second-order valence-electron chi connectivity index (χ2n) is 5.28. The van der Waals surface area contributed by atoms with E-state index < -0.39 is 5.60 Å². The van der Waals surface area contributed by atoms with Crippen molar-refractivity contribution in [2.75, 3.05) is 13.7 Å². The van der Waals surface area contributed by atoms with Crippen LogP contribution in [0.2, 0.25) is 0 Å². The van der Waals surface area contributed by atoms with Crippen molar-refractivity contribution in [2.45, 2.75) is 65.0 Å². The van der Waals surface area contributed by atoms with Gasteiger partial charge in [-0.1, -0.05) is 25.9 Å². The summed E-state index contributed by atoms with van der Waals surface area (Å²) in [4.78, 5) is 4.51. The van der Waals surface area contributed by atoms with Crippen LogP contribution in [0.1, 0.15) is 65.1 Å².